The van der Waals surface area contributed by atoms with Crippen molar-refractivity contribution < 1.29 is 9.47 Å². The zero-order chi connectivity index (χ0) is 10.5. The van der Waals surface area contributed by atoms with Gasteiger partial charge in [-0.3, -0.25) is 4.57 Å². The van der Waals surface area contributed by atoms with E-state index in [1.807, 2.05) is 10.9 Å². The Morgan fingerprint density at radius 2 is 2.31 bits per heavy atom. The van der Waals surface area contributed by atoms with E-state index in [-0.39, 0.29) is 6.04 Å². The van der Waals surface area contributed by atoms with Crippen LogP contribution in [0.25, 0.3) is 0 Å². The molecule has 1 aromatic rings. The Balaban J connectivity index is 1.71. The molecule has 0 spiro atoms. The number of aliphatic imine (C=N–C) groups is 1. The molecule has 1 fully saturated rings. The third-order valence-electron chi connectivity index (χ3n) is 3.31. The summed E-state index contributed by atoms with van der Waals surface area (Å²) in [6.45, 7) is 2.70. The van der Waals surface area contributed by atoms with Crippen molar-refractivity contribution in [1.82, 2.24) is 14.9 Å². The number of hydrogen-bond donors (Lipinski definition) is 1. The zero-order valence-electron chi connectivity index (χ0n) is 8.72. The first-order valence-corrected chi connectivity index (χ1v) is 5.47. The van der Waals surface area contributed by atoms with E-state index in [4.69, 9.17) is 9.47 Å². The summed E-state index contributed by atoms with van der Waals surface area (Å²) in [5.74, 6) is 0.887. The van der Waals surface area contributed by atoms with Gasteiger partial charge < -0.3 is 14.8 Å². The summed E-state index contributed by atoms with van der Waals surface area (Å²) in [7, 11) is 0. The molecule has 4 rings (SSSR count). The van der Waals surface area contributed by atoms with Crippen molar-refractivity contribution in [2.24, 2.45) is 4.99 Å². The first-order valence-electron chi connectivity index (χ1n) is 5.47. The Labute approximate surface area is 92.3 Å². The first-order chi connectivity index (χ1) is 7.92. The second kappa shape index (κ2) is 3.05. The molecule has 6 heteroatoms. The molecule has 6 nitrogen and oxygen atoms in total. The second-order valence-electron chi connectivity index (χ2n) is 4.31. The lowest BCUT2D eigenvalue weighted by Gasteiger charge is -2.09. The zero-order valence-corrected chi connectivity index (χ0v) is 8.72. The number of aromatic nitrogens is 2. The molecule has 0 aliphatic carbocycles. The van der Waals surface area contributed by atoms with E-state index in [0.717, 1.165) is 24.0 Å². The Hall–Kier alpha value is -1.40. The minimum atomic E-state index is 0.260. The lowest BCUT2D eigenvalue weighted by molar-refractivity contribution is 0.130. The van der Waals surface area contributed by atoms with Gasteiger partial charge in [0.05, 0.1) is 49.9 Å². The molecule has 2 atom stereocenters. The van der Waals surface area contributed by atoms with Gasteiger partial charge in [-0.2, -0.15) is 0 Å². The summed E-state index contributed by atoms with van der Waals surface area (Å²) in [6.07, 6.45) is 1.82. The Morgan fingerprint density at radius 3 is 3.25 bits per heavy atom. The van der Waals surface area contributed by atoms with Gasteiger partial charge in [0.25, 0.3) is 0 Å². The van der Waals surface area contributed by atoms with Crippen LogP contribution in [-0.2, 0) is 22.7 Å². The van der Waals surface area contributed by atoms with Crippen LogP contribution in [0.1, 0.15) is 11.4 Å². The van der Waals surface area contributed by atoms with Gasteiger partial charge in [-0.1, -0.05) is 0 Å². The van der Waals surface area contributed by atoms with Crippen molar-refractivity contribution in [1.29, 1.82) is 0 Å². The summed E-state index contributed by atoms with van der Waals surface area (Å²) in [4.78, 5) is 8.94. The number of nitrogens with one attached hydrogen (secondary N) is 1. The predicted octanol–water partition coefficient (Wildman–Crippen LogP) is -0.512. The van der Waals surface area contributed by atoms with Crippen LogP contribution < -0.4 is 5.32 Å². The van der Waals surface area contributed by atoms with Gasteiger partial charge in [-0.25, -0.2) is 9.98 Å². The van der Waals surface area contributed by atoms with Crippen LogP contribution in [-0.4, -0.2) is 40.8 Å². The molecule has 2 unspecified atom stereocenters. The molecule has 0 saturated carbocycles. The minimum absolute atomic E-state index is 0.260. The molecule has 1 saturated heterocycles. The molecule has 0 radical (unpaired) electrons. The molecule has 1 aromatic heterocycles. The maximum Gasteiger partial charge on any atom is 0.204 e. The van der Waals surface area contributed by atoms with Crippen molar-refractivity contribution in [2.75, 3.05) is 13.2 Å². The molecule has 0 amide bonds. The first kappa shape index (κ1) is 8.72. The number of rotatable bonds is 0. The van der Waals surface area contributed by atoms with Crippen LogP contribution in [0, 0.1) is 0 Å². The number of hydrogen-bond acceptors (Lipinski definition) is 5. The van der Waals surface area contributed by atoms with Gasteiger partial charge in [-0.05, 0) is 0 Å². The summed E-state index contributed by atoms with van der Waals surface area (Å²) >= 11 is 0. The quantitative estimate of drug-likeness (QED) is 0.639. The van der Waals surface area contributed by atoms with Gasteiger partial charge in [-0.15, -0.1) is 0 Å². The average molecular weight is 220 g/mol. The third kappa shape index (κ3) is 1.08. The van der Waals surface area contributed by atoms with E-state index in [0.29, 0.717) is 25.9 Å². The second-order valence-corrected chi connectivity index (χ2v) is 4.31. The van der Waals surface area contributed by atoms with Crippen LogP contribution in [0.5, 0.6) is 0 Å². The highest BCUT2D eigenvalue weighted by molar-refractivity contribution is 5.85. The average Bonchev–Trinajstić information content (AvgIpc) is 2.95. The van der Waals surface area contributed by atoms with E-state index in [1.54, 1.807) is 0 Å². The molecule has 84 valence electrons. The molecule has 16 heavy (non-hydrogen) atoms. The van der Waals surface area contributed by atoms with Crippen LogP contribution >= 0.6 is 0 Å². The monoisotopic (exact) mass is 220 g/mol. The Bertz CT molecular complexity index is 467. The highest BCUT2D eigenvalue weighted by atomic mass is 16.5. The normalized spacial score (nSPS) is 31.1. The fourth-order valence-electron chi connectivity index (χ4n) is 2.41. The summed E-state index contributed by atoms with van der Waals surface area (Å²) in [6, 6.07) is 0.589. The Kier molecular flexibility index (Phi) is 1.66. The van der Waals surface area contributed by atoms with Crippen molar-refractivity contribution in [3.8, 4) is 0 Å². The molecular formula is C10H12N4O2. The van der Waals surface area contributed by atoms with Crippen molar-refractivity contribution >= 4 is 5.96 Å². The lowest BCUT2D eigenvalue weighted by atomic mass is 10.2. The summed E-state index contributed by atoms with van der Waals surface area (Å²) in [5, 5.41) is 3.38. The van der Waals surface area contributed by atoms with Crippen LogP contribution in [0.4, 0.5) is 0 Å². The van der Waals surface area contributed by atoms with E-state index in [9.17, 15) is 0 Å². The van der Waals surface area contributed by atoms with Gasteiger partial charge in [0, 0.05) is 0 Å². The molecule has 0 bridgehead atoms. The van der Waals surface area contributed by atoms with Crippen LogP contribution in [0.3, 0.4) is 0 Å². The lowest BCUT2D eigenvalue weighted by Crippen LogP contribution is -2.37. The number of nitrogens with zero attached hydrogens (tertiary/aromatic N) is 3. The van der Waals surface area contributed by atoms with Crippen LogP contribution in [0.2, 0.25) is 0 Å². The van der Waals surface area contributed by atoms with Gasteiger partial charge in [0.2, 0.25) is 5.96 Å². The molecule has 4 heterocycles. The van der Waals surface area contributed by atoms with Crippen molar-refractivity contribution in [3.63, 3.8) is 0 Å². The molecular weight excluding hydrogens is 208 g/mol. The standard InChI is InChI=1S/C10H12N4O2/c1-6-7(2-15-1)13-10(12-6)14-5-11-8-3-16-4-9(8)14/h5-7H,1-4H2,(H,12,13). The largest absolute Gasteiger partial charge is 0.377 e. The van der Waals surface area contributed by atoms with E-state index >= 15 is 0 Å². The van der Waals surface area contributed by atoms with Crippen molar-refractivity contribution in [2.45, 2.75) is 25.3 Å². The maximum atomic E-state index is 5.36. The fraction of sp³-hybridized carbons (Fsp3) is 0.600. The predicted molar refractivity (Wildman–Crippen MR) is 55.1 cm³/mol. The van der Waals surface area contributed by atoms with Gasteiger partial charge >= 0.3 is 0 Å². The fourth-order valence-corrected chi connectivity index (χ4v) is 2.41. The SMILES string of the molecule is c1nc2c(n1C1=NC3COCC3N1)COC2. The minimum Gasteiger partial charge on any atom is -0.377 e. The molecule has 1 N–H and O–H groups in total. The van der Waals surface area contributed by atoms with E-state index in [1.165, 1.54) is 0 Å². The van der Waals surface area contributed by atoms with E-state index < -0.39 is 0 Å². The number of fused-ring (bicyclic) bond motifs is 2. The maximum absolute atomic E-state index is 5.36. The number of ether oxygens (including phenoxy) is 2. The highest BCUT2D eigenvalue weighted by Crippen LogP contribution is 2.21. The smallest absolute Gasteiger partial charge is 0.204 e. The molecule has 3 aliphatic rings. The van der Waals surface area contributed by atoms with E-state index in [2.05, 4.69) is 15.3 Å². The van der Waals surface area contributed by atoms with Crippen LogP contribution in [0.15, 0.2) is 11.3 Å². The molecule has 0 aromatic carbocycles. The Morgan fingerprint density at radius 1 is 1.31 bits per heavy atom. The highest BCUT2D eigenvalue weighted by Gasteiger charge is 2.35. The number of imidazole rings is 1. The third-order valence-corrected chi connectivity index (χ3v) is 3.31. The molecule has 3 aliphatic heterocycles. The topological polar surface area (TPSA) is 60.7 Å². The van der Waals surface area contributed by atoms with Gasteiger partial charge in [0.1, 0.15) is 6.33 Å². The van der Waals surface area contributed by atoms with Gasteiger partial charge in [0.15, 0.2) is 0 Å². The van der Waals surface area contributed by atoms with Crippen molar-refractivity contribution in [3.05, 3.63) is 17.7 Å². The summed E-state index contributed by atoms with van der Waals surface area (Å²) in [5.41, 5.74) is 2.14. The summed E-state index contributed by atoms with van der Waals surface area (Å²) < 4.78 is 12.7.